The van der Waals surface area contributed by atoms with Crippen molar-refractivity contribution >= 4 is 12.4 Å². The van der Waals surface area contributed by atoms with Crippen molar-refractivity contribution in [3.05, 3.63) is 28.8 Å². The summed E-state index contributed by atoms with van der Waals surface area (Å²) in [7, 11) is 0. The maximum absolute atomic E-state index is 10.2. The van der Waals surface area contributed by atoms with Gasteiger partial charge in [0.2, 0.25) is 0 Å². The van der Waals surface area contributed by atoms with E-state index in [-0.39, 0.29) is 12.4 Å². The molecule has 0 aromatic heterocycles. The maximum Gasteiger partial charge on any atom is 0.120 e. The molecule has 1 aromatic carbocycles. The van der Waals surface area contributed by atoms with Gasteiger partial charge in [0.25, 0.3) is 0 Å². The highest BCUT2D eigenvalue weighted by Crippen LogP contribution is 2.31. The molecule has 1 N–H and O–H groups in total. The van der Waals surface area contributed by atoms with Gasteiger partial charge in [0, 0.05) is 18.2 Å². The van der Waals surface area contributed by atoms with Crippen LogP contribution in [0, 0.1) is 0 Å². The molecule has 1 atom stereocenters. The van der Waals surface area contributed by atoms with Gasteiger partial charge in [-0.25, -0.2) is 0 Å². The second-order valence-corrected chi connectivity index (χ2v) is 5.92. The molecule has 2 aliphatic rings. The molecule has 19 heavy (non-hydrogen) atoms. The summed E-state index contributed by atoms with van der Waals surface area (Å²) < 4.78 is 0. The number of nitrogens with zero attached hydrogens (tertiary/aromatic N) is 1. The third-order valence-electron chi connectivity index (χ3n) is 4.61. The largest absolute Gasteiger partial charge is 0.508 e. The van der Waals surface area contributed by atoms with Crippen molar-refractivity contribution in [1.29, 1.82) is 0 Å². The van der Waals surface area contributed by atoms with Crippen LogP contribution in [0.1, 0.15) is 49.3 Å². The van der Waals surface area contributed by atoms with Crippen LogP contribution in [0.15, 0.2) is 12.1 Å². The number of rotatable bonds is 2. The van der Waals surface area contributed by atoms with Gasteiger partial charge in [-0.3, -0.25) is 4.90 Å². The fraction of sp³-hybridized carbons (Fsp3) is 0.625. The van der Waals surface area contributed by atoms with Gasteiger partial charge in [-0.15, -0.1) is 12.4 Å². The average molecular weight is 282 g/mol. The number of likely N-dealkylation sites (tertiary alicyclic amines) is 1. The molecule has 0 amide bonds. The Kier molecular flexibility index (Phi) is 4.75. The van der Waals surface area contributed by atoms with E-state index in [9.17, 15) is 5.11 Å². The molecular weight excluding hydrogens is 258 g/mol. The highest BCUT2D eigenvalue weighted by Gasteiger charge is 2.21. The third-order valence-corrected chi connectivity index (χ3v) is 4.61. The molecule has 3 rings (SSSR count). The smallest absolute Gasteiger partial charge is 0.120 e. The van der Waals surface area contributed by atoms with E-state index in [1.165, 1.54) is 49.8 Å². The summed E-state index contributed by atoms with van der Waals surface area (Å²) in [5.41, 5.74) is 3.96. The average Bonchev–Trinajstić information content (AvgIpc) is 2.79. The summed E-state index contributed by atoms with van der Waals surface area (Å²) in [5.74, 6) is 0.508. The van der Waals surface area contributed by atoms with Crippen LogP contribution in [0.25, 0.3) is 0 Å². The second-order valence-electron chi connectivity index (χ2n) is 5.92. The molecule has 1 aliphatic heterocycles. The lowest BCUT2D eigenvalue weighted by atomic mass is 10.0. The van der Waals surface area contributed by atoms with Gasteiger partial charge in [0.05, 0.1) is 0 Å². The lowest BCUT2D eigenvalue weighted by Gasteiger charge is -2.33. The molecule has 0 radical (unpaired) electrons. The van der Waals surface area contributed by atoms with Crippen LogP contribution in [0.5, 0.6) is 5.75 Å². The van der Waals surface area contributed by atoms with Crippen molar-refractivity contribution in [3.8, 4) is 5.75 Å². The van der Waals surface area contributed by atoms with Crippen molar-refractivity contribution in [3.63, 3.8) is 0 Å². The van der Waals surface area contributed by atoms with Gasteiger partial charge in [0.1, 0.15) is 5.75 Å². The molecule has 3 heteroatoms. The predicted molar refractivity (Wildman–Crippen MR) is 81.1 cm³/mol. The normalized spacial score (nSPS) is 22.9. The monoisotopic (exact) mass is 281 g/mol. The molecule has 1 fully saturated rings. The summed E-state index contributed by atoms with van der Waals surface area (Å²) in [5, 5.41) is 10.2. The van der Waals surface area contributed by atoms with E-state index >= 15 is 0 Å². The Bertz CT molecular complexity index is 447. The quantitative estimate of drug-likeness (QED) is 0.894. The Hall–Kier alpha value is -0.730. The molecule has 1 aliphatic carbocycles. The van der Waals surface area contributed by atoms with Gasteiger partial charge in [0.15, 0.2) is 0 Å². The molecule has 0 bridgehead atoms. The van der Waals surface area contributed by atoms with Crippen molar-refractivity contribution < 1.29 is 5.11 Å². The Labute approximate surface area is 122 Å². The molecule has 0 spiro atoms. The number of phenols is 1. The van der Waals surface area contributed by atoms with E-state index in [0.29, 0.717) is 11.8 Å². The van der Waals surface area contributed by atoms with E-state index in [1.54, 1.807) is 0 Å². The second kappa shape index (κ2) is 6.15. The fourth-order valence-electron chi connectivity index (χ4n) is 3.40. The third kappa shape index (κ3) is 3.06. The molecule has 0 saturated carbocycles. The lowest BCUT2D eigenvalue weighted by molar-refractivity contribution is 0.151. The van der Waals surface area contributed by atoms with Gasteiger partial charge >= 0.3 is 0 Å². The van der Waals surface area contributed by atoms with Gasteiger partial charge in [-0.05, 0) is 62.8 Å². The van der Waals surface area contributed by atoms with Crippen LogP contribution in [0.4, 0.5) is 0 Å². The first-order valence-corrected chi connectivity index (χ1v) is 7.32. The summed E-state index contributed by atoms with van der Waals surface area (Å²) in [6.07, 6.45) is 7.54. The number of hydrogen-bond acceptors (Lipinski definition) is 2. The van der Waals surface area contributed by atoms with Crippen molar-refractivity contribution in [2.24, 2.45) is 0 Å². The van der Waals surface area contributed by atoms with Gasteiger partial charge in [-0.1, -0.05) is 12.5 Å². The van der Waals surface area contributed by atoms with E-state index in [1.807, 2.05) is 6.07 Å². The van der Waals surface area contributed by atoms with E-state index in [2.05, 4.69) is 17.9 Å². The zero-order valence-electron chi connectivity index (χ0n) is 11.7. The highest BCUT2D eigenvalue weighted by molar-refractivity contribution is 5.85. The van der Waals surface area contributed by atoms with Gasteiger partial charge in [-0.2, -0.15) is 0 Å². The first-order valence-electron chi connectivity index (χ1n) is 7.32. The minimum absolute atomic E-state index is 0. The molecule has 1 aromatic rings. The number of phenolic OH excluding ortho intramolecular Hbond substituents is 1. The van der Waals surface area contributed by atoms with Crippen LogP contribution < -0.4 is 0 Å². The minimum Gasteiger partial charge on any atom is -0.508 e. The topological polar surface area (TPSA) is 23.5 Å². The van der Waals surface area contributed by atoms with Crippen LogP contribution in [0.2, 0.25) is 0 Å². The number of piperidine rings is 1. The van der Waals surface area contributed by atoms with Crippen LogP contribution in [-0.4, -0.2) is 22.6 Å². The molecule has 2 nitrogen and oxygen atoms in total. The Morgan fingerprint density at radius 2 is 1.89 bits per heavy atom. The zero-order valence-corrected chi connectivity index (χ0v) is 12.5. The van der Waals surface area contributed by atoms with E-state index < -0.39 is 0 Å². The molecule has 106 valence electrons. The van der Waals surface area contributed by atoms with E-state index in [0.717, 1.165) is 18.5 Å². The molecule has 1 saturated heterocycles. The Morgan fingerprint density at radius 3 is 2.63 bits per heavy atom. The van der Waals surface area contributed by atoms with Gasteiger partial charge < -0.3 is 5.11 Å². The highest BCUT2D eigenvalue weighted by atomic mass is 35.5. The molecule has 1 heterocycles. The summed E-state index contributed by atoms with van der Waals surface area (Å²) in [6.45, 7) is 4.40. The summed E-state index contributed by atoms with van der Waals surface area (Å²) in [4.78, 5) is 2.51. The summed E-state index contributed by atoms with van der Waals surface area (Å²) in [6, 6.07) is 4.91. The Morgan fingerprint density at radius 1 is 1.16 bits per heavy atom. The number of aryl methyl sites for hydroxylation is 2. The number of halogens is 1. The fourth-order valence-corrected chi connectivity index (χ4v) is 3.40. The van der Waals surface area contributed by atoms with Crippen molar-refractivity contribution in [1.82, 2.24) is 4.90 Å². The molecular formula is C16H24ClNO. The van der Waals surface area contributed by atoms with Crippen molar-refractivity contribution in [2.75, 3.05) is 6.54 Å². The maximum atomic E-state index is 10.2. The van der Waals surface area contributed by atoms with Crippen molar-refractivity contribution in [2.45, 2.75) is 58.0 Å². The predicted octanol–water partition coefficient (Wildman–Crippen LogP) is 3.68. The SMILES string of the molecule is CC1CCCCN1Cc1cc2c(cc1O)CCC2.Cl. The number of aromatic hydroxyl groups is 1. The molecule has 1 unspecified atom stereocenters. The van der Waals surface area contributed by atoms with E-state index in [4.69, 9.17) is 0 Å². The number of fused-ring (bicyclic) bond motifs is 1. The van der Waals surface area contributed by atoms with Crippen LogP contribution in [-0.2, 0) is 19.4 Å². The minimum atomic E-state index is 0. The first-order chi connectivity index (χ1) is 8.74. The Balaban J connectivity index is 0.00000133. The van der Waals surface area contributed by atoms with Crippen LogP contribution >= 0.6 is 12.4 Å². The van der Waals surface area contributed by atoms with Crippen LogP contribution in [0.3, 0.4) is 0 Å². The summed E-state index contributed by atoms with van der Waals surface area (Å²) >= 11 is 0. The zero-order chi connectivity index (χ0) is 12.5. The lowest BCUT2D eigenvalue weighted by Crippen LogP contribution is -2.36. The standard InChI is InChI=1S/C16H23NO.ClH/c1-12-5-2-3-8-17(12)11-15-9-13-6-4-7-14(13)10-16(15)18;/h9-10,12,18H,2-8,11H2,1H3;1H. The number of benzene rings is 1. The first kappa shape index (κ1) is 14.7. The number of hydrogen-bond donors (Lipinski definition) is 1.